The molecule has 0 fully saturated rings. The lowest BCUT2D eigenvalue weighted by molar-refractivity contribution is 1.27. The molecule has 0 nitrogen and oxygen atoms in total. The SMILES string of the molecule is c1ccc([SH](c2ccccc2)c2ccc([SH](c3ccccc3)c3ccccc3)cc2)cc1. The average molecular weight is 451 g/mol. The van der Waals surface area contributed by atoms with Crippen molar-refractivity contribution in [1.29, 1.82) is 0 Å². The van der Waals surface area contributed by atoms with E-state index in [1.807, 2.05) is 0 Å². The Hall–Kier alpha value is -3.20. The van der Waals surface area contributed by atoms with Crippen LogP contribution in [0.1, 0.15) is 0 Å². The molecule has 0 amide bonds. The van der Waals surface area contributed by atoms with Crippen molar-refractivity contribution in [2.75, 3.05) is 0 Å². The summed E-state index contributed by atoms with van der Waals surface area (Å²) < 4.78 is 0. The van der Waals surface area contributed by atoms with Crippen molar-refractivity contribution in [2.24, 2.45) is 0 Å². The van der Waals surface area contributed by atoms with E-state index in [-0.39, 0.29) is 0 Å². The summed E-state index contributed by atoms with van der Waals surface area (Å²) in [6, 6.07) is 53.0. The van der Waals surface area contributed by atoms with Gasteiger partial charge in [0.05, 0.1) is 0 Å². The van der Waals surface area contributed by atoms with Crippen LogP contribution in [0, 0.1) is 0 Å². The smallest absolute Gasteiger partial charge is 0.00444 e. The summed E-state index contributed by atoms with van der Waals surface area (Å²) in [6.45, 7) is 0. The van der Waals surface area contributed by atoms with Crippen LogP contribution in [-0.2, 0) is 0 Å². The molecule has 5 aromatic rings. The van der Waals surface area contributed by atoms with Crippen molar-refractivity contribution in [1.82, 2.24) is 0 Å². The molecule has 0 aromatic heterocycles. The Kier molecular flexibility index (Phi) is 6.43. The van der Waals surface area contributed by atoms with Crippen LogP contribution >= 0.6 is 21.8 Å². The van der Waals surface area contributed by atoms with Crippen LogP contribution < -0.4 is 0 Å². The Balaban J connectivity index is 1.57. The molecule has 32 heavy (non-hydrogen) atoms. The van der Waals surface area contributed by atoms with Crippen LogP contribution in [0.2, 0.25) is 0 Å². The van der Waals surface area contributed by atoms with Crippen LogP contribution in [0.25, 0.3) is 0 Å². The fourth-order valence-electron chi connectivity index (χ4n) is 3.95. The lowest BCUT2D eigenvalue weighted by Gasteiger charge is -2.26. The van der Waals surface area contributed by atoms with E-state index in [1.54, 1.807) is 0 Å². The van der Waals surface area contributed by atoms with Gasteiger partial charge in [-0.15, -0.1) is 0 Å². The van der Waals surface area contributed by atoms with Crippen molar-refractivity contribution in [3.8, 4) is 0 Å². The Morgan fingerprint density at radius 3 is 0.625 bits per heavy atom. The molecule has 0 bridgehead atoms. The first-order valence-corrected chi connectivity index (χ1v) is 13.5. The number of benzene rings is 5. The number of hydrogen-bond donors (Lipinski definition) is 2. The minimum Gasteiger partial charge on any atom is -0.173 e. The van der Waals surface area contributed by atoms with Gasteiger partial charge < -0.3 is 0 Å². The van der Waals surface area contributed by atoms with Crippen molar-refractivity contribution in [3.63, 3.8) is 0 Å². The highest BCUT2D eigenvalue weighted by Gasteiger charge is 2.15. The molecule has 0 aliphatic heterocycles. The topological polar surface area (TPSA) is 0 Å². The largest absolute Gasteiger partial charge is 0.173 e. The summed E-state index contributed by atoms with van der Waals surface area (Å²) in [6.07, 6.45) is 0. The first-order valence-electron chi connectivity index (χ1n) is 10.8. The van der Waals surface area contributed by atoms with Crippen molar-refractivity contribution in [2.45, 2.75) is 29.4 Å². The molecule has 158 valence electrons. The quantitative estimate of drug-likeness (QED) is 0.238. The molecule has 0 spiro atoms. The van der Waals surface area contributed by atoms with Gasteiger partial charge >= 0.3 is 0 Å². The monoisotopic (exact) mass is 450 g/mol. The van der Waals surface area contributed by atoms with E-state index in [4.69, 9.17) is 0 Å². The summed E-state index contributed by atoms with van der Waals surface area (Å²) >= 11 is 0. The van der Waals surface area contributed by atoms with Crippen molar-refractivity contribution < 1.29 is 0 Å². The fourth-order valence-corrected chi connectivity index (χ4v) is 8.52. The number of hydrogen-bond acceptors (Lipinski definition) is 0. The van der Waals surface area contributed by atoms with Crippen LogP contribution in [0.4, 0.5) is 0 Å². The van der Waals surface area contributed by atoms with Crippen LogP contribution in [0.3, 0.4) is 0 Å². The van der Waals surface area contributed by atoms with E-state index in [0.29, 0.717) is 0 Å². The van der Waals surface area contributed by atoms with Gasteiger partial charge in [-0.2, -0.15) is 21.8 Å². The second kappa shape index (κ2) is 9.95. The van der Waals surface area contributed by atoms with E-state index in [0.717, 1.165) is 0 Å². The van der Waals surface area contributed by atoms with Crippen LogP contribution in [0.15, 0.2) is 175 Å². The highest BCUT2D eigenvalue weighted by atomic mass is 32.2. The van der Waals surface area contributed by atoms with Gasteiger partial charge in [0.15, 0.2) is 0 Å². The van der Waals surface area contributed by atoms with Crippen LogP contribution in [0.5, 0.6) is 0 Å². The maximum Gasteiger partial charge on any atom is -0.00444 e. The second-order valence-corrected chi connectivity index (χ2v) is 12.0. The summed E-state index contributed by atoms with van der Waals surface area (Å²) in [7, 11) is -1.16. The van der Waals surface area contributed by atoms with E-state index in [1.165, 1.54) is 29.4 Å². The lowest BCUT2D eigenvalue weighted by atomic mass is 10.3. The molecule has 0 saturated heterocycles. The van der Waals surface area contributed by atoms with Gasteiger partial charge in [0.2, 0.25) is 0 Å². The number of rotatable bonds is 6. The van der Waals surface area contributed by atoms with Crippen molar-refractivity contribution in [3.05, 3.63) is 146 Å². The lowest BCUT2D eigenvalue weighted by Crippen LogP contribution is -1.91. The van der Waals surface area contributed by atoms with Gasteiger partial charge in [0.25, 0.3) is 0 Å². The number of thiol groups is 2. The molecular formula is C30H26S2. The Morgan fingerprint density at radius 2 is 0.406 bits per heavy atom. The Labute approximate surface area is 196 Å². The Bertz CT molecular complexity index is 1060. The highest BCUT2D eigenvalue weighted by Crippen LogP contribution is 2.54. The zero-order valence-electron chi connectivity index (χ0n) is 17.8. The Morgan fingerprint density at radius 1 is 0.219 bits per heavy atom. The standard InChI is InChI=1S/C30H26S2/c1-5-13-25(14-6-1)31(26-15-7-2-8-16-26)29-21-23-30(24-22-29)32(27-17-9-3-10-18-27)28-19-11-4-12-20-28/h1-24,31-32H. The van der Waals surface area contributed by atoms with E-state index < -0.39 is 21.8 Å². The van der Waals surface area contributed by atoms with Gasteiger partial charge in [-0.1, -0.05) is 72.8 Å². The molecule has 0 N–H and O–H groups in total. The maximum absolute atomic E-state index is 2.35. The minimum atomic E-state index is -0.579. The molecule has 0 atom stereocenters. The third-order valence-corrected chi connectivity index (χ3v) is 10.3. The molecule has 5 rings (SSSR count). The fraction of sp³-hybridized carbons (Fsp3) is 0. The van der Waals surface area contributed by atoms with Crippen LogP contribution in [-0.4, -0.2) is 0 Å². The molecule has 2 heteroatoms. The zero-order valence-corrected chi connectivity index (χ0v) is 19.5. The first kappa shape index (κ1) is 20.7. The third-order valence-electron chi connectivity index (χ3n) is 5.42. The summed E-state index contributed by atoms with van der Waals surface area (Å²) in [5, 5.41) is 0. The molecule has 0 aliphatic rings. The predicted molar refractivity (Wildman–Crippen MR) is 140 cm³/mol. The van der Waals surface area contributed by atoms with Gasteiger partial charge in [0.1, 0.15) is 0 Å². The van der Waals surface area contributed by atoms with E-state index >= 15 is 0 Å². The molecule has 0 radical (unpaired) electrons. The molecule has 0 aliphatic carbocycles. The average Bonchev–Trinajstić information content (AvgIpc) is 2.88. The molecule has 5 aromatic carbocycles. The first-order chi connectivity index (χ1) is 15.9. The van der Waals surface area contributed by atoms with Crippen molar-refractivity contribution >= 4 is 21.8 Å². The molecule has 0 unspecified atom stereocenters. The van der Waals surface area contributed by atoms with E-state index in [2.05, 4.69) is 146 Å². The summed E-state index contributed by atoms with van der Waals surface area (Å²) in [4.78, 5) is 8.31. The van der Waals surface area contributed by atoms with Gasteiger partial charge in [-0.25, -0.2) is 0 Å². The minimum absolute atomic E-state index is 0.579. The molecule has 0 heterocycles. The normalized spacial score (nSPS) is 11.6. The van der Waals surface area contributed by atoms with E-state index in [9.17, 15) is 0 Å². The third kappa shape index (κ3) is 4.52. The van der Waals surface area contributed by atoms with Gasteiger partial charge in [-0.05, 0) is 102 Å². The predicted octanol–water partition coefficient (Wildman–Crippen LogP) is 8.64. The summed E-state index contributed by atoms with van der Waals surface area (Å²) in [5.74, 6) is 0. The van der Waals surface area contributed by atoms with Gasteiger partial charge in [0, 0.05) is 0 Å². The highest BCUT2D eigenvalue weighted by molar-refractivity contribution is 8.17. The summed E-state index contributed by atoms with van der Waals surface area (Å²) in [5.41, 5.74) is 0. The molecule has 0 saturated carbocycles. The second-order valence-electron chi connectivity index (χ2n) is 7.53. The van der Waals surface area contributed by atoms with Gasteiger partial charge in [-0.3, -0.25) is 0 Å². The zero-order chi connectivity index (χ0) is 21.6. The maximum atomic E-state index is 2.35. The molecular weight excluding hydrogens is 424 g/mol.